The molecule has 0 aliphatic rings. The number of ether oxygens (including phenoxy) is 2. The zero-order valence-electron chi connectivity index (χ0n) is 12.7. The van der Waals surface area contributed by atoms with Gasteiger partial charge in [-0.3, -0.25) is 4.79 Å². The molecular weight excluding hydrogens is 311 g/mol. The fraction of sp³-hybridized carbons (Fsp3) is 0.312. The first-order valence-corrected chi connectivity index (χ1v) is 6.85. The molecule has 0 spiro atoms. The van der Waals surface area contributed by atoms with Gasteiger partial charge in [-0.25, -0.2) is 0 Å². The van der Waals surface area contributed by atoms with Crippen LogP contribution in [0.4, 0.5) is 13.2 Å². The number of benzene rings is 2. The Morgan fingerprint density at radius 3 is 2.43 bits per heavy atom. The Balaban J connectivity index is 2.28. The Hall–Kier alpha value is -2.44. The van der Waals surface area contributed by atoms with Gasteiger partial charge in [0.2, 0.25) is 0 Å². The van der Waals surface area contributed by atoms with Crippen LogP contribution in [-0.4, -0.2) is 32.8 Å². The quantitative estimate of drug-likeness (QED) is 0.918. The second-order valence-electron chi connectivity index (χ2n) is 4.84. The van der Waals surface area contributed by atoms with E-state index in [0.717, 1.165) is 10.8 Å². The lowest BCUT2D eigenvalue weighted by Crippen LogP contribution is -2.37. The summed E-state index contributed by atoms with van der Waals surface area (Å²) in [4.78, 5) is 10.9. The summed E-state index contributed by atoms with van der Waals surface area (Å²) in [7, 11) is 3.02. The van der Waals surface area contributed by atoms with Crippen molar-refractivity contribution in [3.63, 3.8) is 0 Å². The molecule has 1 N–H and O–H groups in total. The van der Waals surface area contributed by atoms with Gasteiger partial charge in [0.15, 0.2) is 0 Å². The number of amides is 1. The van der Waals surface area contributed by atoms with E-state index in [1.807, 2.05) is 17.4 Å². The van der Waals surface area contributed by atoms with Gasteiger partial charge in [-0.2, -0.15) is 13.2 Å². The van der Waals surface area contributed by atoms with E-state index in [1.165, 1.54) is 14.2 Å². The maximum absolute atomic E-state index is 12.2. The zero-order chi connectivity index (χ0) is 17.0. The van der Waals surface area contributed by atoms with Crippen LogP contribution in [-0.2, 0) is 11.2 Å². The van der Waals surface area contributed by atoms with Crippen LogP contribution in [0.1, 0.15) is 5.56 Å². The normalized spacial score (nSPS) is 11.3. The highest BCUT2D eigenvalue weighted by atomic mass is 19.4. The predicted molar refractivity (Wildman–Crippen MR) is 79.8 cm³/mol. The number of fused-ring (bicyclic) bond motifs is 1. The van der Waals surface area contributed by atoms with E-state index in [9.17, 15) is 18.0 Å². The van der Waals surface area contributed by atoms with Crippen LogP contribution < -0.4 is 14.8 Å². The largest absolute Gasteiger partial charge is 0.497 e. The van der Waals surface area contributed by atoms with E-state index in [-0.39, 0.29) is 13.0 Å². The molecule has 0 saturated carbocycles. The predicted octanol–water partition coefficient (Wildman–Crippen LogP) is 3.08. The highest BCUT2D eigenvalue weighted by Crippen LogP contribution is 2.31. The molecule has 2 aromatic carbocycles. The average Bonchev–Trinajstić information content (AvgIpc) is 2.53. The molecule has 1 amide bonds. The summed E-state index contributed by atoms with van der Waals surface area (Å²) in [6.07, 6.45) is -4.68. The van der Waals surface area contributed by atoms with Gasteiger partial charge in [0.1, 0.15) is 11.5 Å². The number of hydrogen-bond acceptors (Lipinski definition) is 3. The molecule has 124 valence electrons. The lowest BCUT2D eigenvalue weighted by molar-refractivity contribution is -0.173. The highest BCUT2D eigenvalue weighted by Gasteiger charge is 2.38. The molecule has 4 nitrogen and oxygen atoms in total. The zero-order valence-corrected chi connectivity index (χ0v) is 12.7. The summed E-state index contributed by atoms with van der Waals surface area (Å²) < 4.78 is 47.1. The third-order valence-corrected chi connectivity index (χ3v) is 3.44. The maximum Gasteiger partial charge on any atom is 0.471 e. The van der Waals surface area contributed by atoms with Crippen molar-refractivity contribution in [3.05, 3.63) is 35.9 Å². The Bertz CT molecular complexity index is 708. The van der Waals surface area contributed by atoms with Gasteiger partial charge < -0.3 is 14.8 Å². The number of alkyl halides is 3. The van der Waals surface area contributed by atoms with Gasteiger partial charge in [-0.15, -0.1) is 0 Å². The molecule has 0 radical (unpaired) electrons. The number of carbonyl (C=O) groups excluding carboxylic acids is 1. The molecule has 0 atom stereocenters. The van der Waals surface area contributed by atoms with Crippen molar-refractivity contribution in [2.75, 3.05) is 20.8 Å². The molecule has 0 bridgehead atoms. The SMILES string of the molecule is COc1ccc2ccc(OC)c(CCNC(=O)C(F)(F)F)c2c1. The third kappa shape index (κ3) is 3.85. The Morgan fingerprint density at radius 1 is 1.13 bits per heavy atom. The van der Waals surface area contributed by atoms with E-state index in [1.54, 1.807) is 18.2 Å². The first kappa shape index (κ1) is 16.9. The fourth-order valence-electron chi connectivity index (χ4n) is 2.32. The van der Waals surface area contributed by atoms with Gasteiger partial charge in [0.05, 0.1) is 14.2 Å². The van der Waals surface area contributed by atoms with E-state index in [4.69, 9.17) is 9.47 Å². The highest BCUT2D eigenvalue weighted by molar-refractivity contribution is 5.89. The summed E-state index contributed by atoms with van der Waals surface area (Å²) in [5, 5.41) is 3.58. The average molecular weight is 327 g/mol. The second kappa shape index (κ2) is 6.76. The van der Waals surface area contributed by atoms with Gasteiger partial charge in [0, 0.05) is 12.1 Å². The molecule has 0 aliphatic carbocycles. The molecule has 0 aliphatic heterocycles. The van der Waals surface area contributed by atoms with Crippen molar-refractivity contribution >= 4 is 16.7 Å². The smallest absolute Gasteiger partial charge is 0.471 e. The van der Waals surface area contributed by atoms with Gasteiger partial charge in [-0.1, -0.05) is 12.1 Å². The summed E-state index contributed by atoms with van der Waals surface area (Å²) in [5.74, 6) is -0.771. The van der Waals surface area contributed by atoms with Gasteiger partial charge >= 0.3 is 12.1 Å². The van der Waals surface area contributed by atoms with Crippen LogP contribution in [0, 0.1) is 0 Å². The minimum Gasteiger partial charge on any atom is -0.497 e. The summed E-state index contributed by atoms with van der Waals surface area (Å²) in [6.45, 7) is -0.148. The monoisotopic (exact) mass is 327 g/mol. The molecule has 23 heavy (non-hydrogen) atoms. The van der Waals surface area contributed by atoms with Crippen LogP contribution in [0.2, 0.25) is 0 Å². The summed E-state index contributed by atoms with van der Waals surface area (Å²) in [6, 6.07) is 9.04. The number of hydrogen-bond donors (Lipinski definition) is 1. The third-order valence-electron chi connectivity index (χ3n) is 3.44. The molecule has 0 aromatic heterocycles. The number of methoxy groups -OCH3 is 2. The number of nitrogens with one attached hydrogen (secondary N) is 1. The van der Waals surface area contributed by atoms with Crippen molar-refractivity contribution < 1.29 is 27.4 Å². The lowest BCUT2D eigenvalue weighted by atomic mass is 10.0. The van der Waals surface area contributed by atoms with Gasteiger partial charge in [-0.05, 0) is 35.4 Å². The molecule has 2 rings (SSSR count). The lowest BCUT2D eigenvalue weighted by Gasteiger charge is -2.14. The van der Waals surface area contributed by atoms with E-state index >= 15 is 0 Å². The Labute approximate surface area is 131 Å². The molecule has 0 saturated heterocycles. The van der Waals surface area contributed by atoms with Crippen LogP contribution in [0.3, 0.4) is 0 Å². The molecule has 0 fully saturated rings. The number of rotatable bonds is 5. The number of halogens is 3. The second-order valence-corrected chi connectivity index (χ2v) is 4.84. The first-order chi connectivity index (χ1) is 10.9. The minimum atomic E-state index is -4.88. The molecule has 0 heterocycles. The molecular formula is C16H16F3NO3. The van der Waals surface area contributed by atoms with Crippen molar-refractivity contribution in [2.24, 2.45) is 0 Å². The standard InChI is InChI=1S/C16H16F3NO3/c1-22-11-5-3-10-4-6-14(23-2)12(13(10)9-11)7-8-20-15(21)16(17,18)19/h3-6,9H,7-8H2,1-2H3,(H,20,21). The summed E-state index contributed by atoms with van der Waals surface area (Å²) >= 11 is 0. The fourth-order valence-corrected chi connectivity index (χ4v) is 2.32. The maximum atomic E-state index is 12.2. The Kier molecular flexibility index (Phi) is 4.98. The Morgan fingerprint density at radius 2 is 1.83 bits per heavy atom. The van der Waals surface area contributed by atoms with E-state index in [2.05, 4.69) is 0 Å². The van der Waals surface area contributed by atoms with E-state index in [0.29, 0.717) is 17.1 Å². The van der Waals surface area contributed by atoms with Crippen molar-refractivity contribution in [3.8, 4) is 11.5 Å². The topological polar surface area (TPSA) is 47.6 Å². The molecule has 7 heteroatoms. The van der Waals surface area contributed by atoms with Crippen LogP contribution in [0.25, 0.3) is 10.8 Å². The van der Waals surface area contributed by atoms with Crippen molar-refractivity contribution in [1.82, 2.24) is 5.32 Å². The van der Waals surface area contributed by atoms with Crippen LogP contribution in [0.15, 0.2) is 30.3 Å². The molecule has 2 aromatic rings. The molecule has 0 unspecified atom stereocenters. The van der Waals surface area contributed by atoms with Gasteiger partial charge in [0.25, 0.3) is 0 Å². The van der Waals surface area contributed by atoms with Crippen LogP contribution in [0.5, 0.6) is 11.5 Å². The summed E-state index contributed by atoms with van der Waals surface area (Å²) in [5.41, 5.74) is 0.714. The van der Waals surface area contributed by atoms with E-state index < -0.39 is 12.1 Å². The number of carbonyl (C=O) groups is 1. The van der Waals surface area contributed by atoms with Crippen molar-refractivity contribution in [1.29, 1.82) is 0 Å². The minimum absolute atomic E-state index is 0.148. The van der Waals surface area contributed by atoms with Crippen LogP contribution >= 0.6 is 0 Å². The first-order valence-electron chi connectivity index (χ1n) is 6.85. The van der Waals surface area contributed by atoms with Crippen molar-refractivity contribution in [2.45, 2.75) is 12.6 Å².